The summed E-state index contributed by atoms with van der Waals surface area (Å²) in [4.78, 5) is 14.6. The van der Waals surface area contributed by atoms with Gasteiger partial charge < -0.3 is 14.8 Å². The van der Waals surface area contributed by atoms with E-state index in [4.69, 9.17) is 9.47 Å². The maximum atomic E-state index is 12.4. The second-order valence-corrected chi connectivity index (χ2v) is 6.50. The van der Waals surface area contributed by atoms with Crippen LogP contribution < -0.4 is 14.8 Å². The van der Waals surface area contributed by atoms with E-state index in [0.717, 1.165) is 42.0 Å². The number of ether oxygens (including phenoxy) is 2. The molecule has 1 saturated heterocycles. The Kier molecular flexibility index (Phi) is 6.12. The summed E-state index contributed by atoms with van der Waals surface area (Å²) < 4.78 is 10.8. The SMILES string of the molecule is COc1ccc([C@@H]2CCCN2CC(=O)NCc2ccccc2)c(OC)c1. The summed E-state index contributed by atoms with van der Waals surface area (Å²) in [6.07, 6.45) is 2.10. The number of carbonyl (C=O) groups is 1. The van der Waals surface area contributed by atoms with Gasteiger partial charge in [-0.2, -0.15) is 0 Å². The van der Waals surface area contributed by atoms with E-state index in [1.54, 1.807) is 14.2 Å². The van der Waals surface area contributed by atoms with Gasteiger partial charge in [0.15, 0.2) is 0 Å². The number of methoxy groups -OCH3 is 2. The van der Waals surface area contributed by atoms with Crippen molar-refractivity contribution >= 4 is 5.91 Å². The van der Waals surface area contributed by atoms with Gasteiger partial charge in [0, 0.05) is 24.2 Å². The molecule has 26 heavy (non-hydrogen) atoms. The highest BCUT2D eigenvalue weighted by Crippen LogP contribution is 2.38. The molecule has 1 atom stereocenters. The van der Waals surface area contributed by atoms with E-state index < -0.39 is 0 Å². The molecule has 1 amide bonds. The maximum Gasteiger partial charge on any atom is 0.234 e. The van der Waals surface area contributed by atoms with Crippen molar-refractivity contribution in [3.05, 3.63) is 59.7 Å². The van der Waals surface area contributed by atoms with E-state index in [0.29, 0.717) is 13.1 Å². The fourth-order valence-electron chi connectivity index (χ4n) is 3.50. The lowest BCUT2D eigenvalue weighted by Gasteiger charge is -2.26. The Morgan fingerprint density at radius 1 is 1.15 bits per heavy atom. The molecule has 138 valence electrons. The second-order valence-electron chi connectivity index (χ2n) is 6.50. The molecule has 0 radical (unpaired) electrons. The van der Waals surface area contributed by atoms with Gasteiger partial charge in [-0.05, 0) is 31.0 Å². The van der Waals surface area contributed by atoms with E-state index in [2.05, 4.69) is 10.2 Å². The van der Waals surface area contributed by atoms with Gasteiger partial charge in [-0.1, -0.05) is 36.4 Å². The minimum absolute atomic E-state index is 0.0493. The third-order valence-corrected chi connectivity index (χ3v) is 4.84. The monoisotopic (exact) mass is 354 g/mol. The Labute approximate surface area is 154 Å². The molecule has 0 aromatic heterocycles. The van der Waals surface area contributed by atoms with Crippen molar-refractivity contribution in [2.24, 2.45) is 0 Å². The molecule has 2 aromatic carbocycles. The number of nitrogens with one attached hydrogen (secondary N) is 1. The van der Waals surface area contributed by atoms with Crippen LogP contribution in [0.3, 0.4) is 0 Å². The molecule has 0 aliphatic carbocycles. The van der Waals surface area contributed by atoms with Crippen LogP contribution in [0.15, 0.2) is 48.5 Å². The van der Waals surface area contributed by atoms with Gasteiger partial charge >= 0.3 is 0 Å². The summed E-state index contributed by atoms with van der Waals surface area (Å²) in [5.41, 5.74) is 2.22. The average molecular weight is 354 g/mol. The van der Waals surface area contributed by atoms with Gasteiger partial charge in [-0.15, -0.1) is 0 Å². The summed E-state index contributed by atoms with van der Waals surface area (Å²) in [6, 6.07) is 16.1. The van der Waals surface area contributed by atoms with Crippen LogP contribution in [0.5, 0.6) is 11.5 Å². The molecule has 1 aliphatic heterocycles. The number of rotatable bonds is 7. The third kappa shape index (κ3) is 4.35. The summed E-state index contributed by atoms with van der Waals surface area (Å²) in [6.45, 7) is 1.87. The van der Waals surface area contributed by atoms with Gasteiger partial charge in [0.25, 0.3) is 0 Å². The van der Waals surface area contributed by atoms with Crippen molar-refractivity contribution in [1.82, 2.24) is 10.2 Å². The highest BCUT2D eigenvalue weighted by molar-refractivity contribution is 5.78. The average Bonchev–Trinajstić information content (AvgIpc) is 3.14. The molecule has 1 heterocycles. The quantitative estimate of drug-likeness (QED) is 0.830. The number of amides is 1. The molecular formula is C21H26N2O3. The fraction of sp³-hybridized carbons (Fsp3) is 0.381. The lowest BCUT2D eigenvalue weighted by Crippen LogP contribution is -2.36. The van der Waals surface area contributed by atoms with Crippen LogP contribution in [0.4, 0.5) is 0 Å². The maximum absolute atomic E-state index is 12.4. The smallest absolute Gasteiger partial charge is 0.234 e. The molecule has 0 bridgehead atoms. The highest BCUT2D eigenvalue weighted by Gasteiger charge is 2.29. The minimum Gasteiger partial charge on any atom is -0.497 e. The Bertz CT molecular complexity index is 733. The van der Waals surface area contributed by atoms with Crippen LogP contribution in [0, 0.1) is 0 Å². The molecular weight excluding hydrogens is 328 g/mol. The zero-order valence-electron chi connectivity index (χ0n) is 15.4. The van der Waals surface area contributed by atoms with Gasteiger partial charge in [0.05, 0.1) is 20.8 Å². The molecule has 1 fully saturated rings. The van der Waals surface area contributed by atoms with Crippen molar-refractivity contribution in [2.75, 3.05) is 27.3 Å². The molecule has 0 unspecified atom stereocenters. The molecule has 3 rings (SSSR count). The number of benzene rings is 2. The minimum atomic E-state index is 0.0493. The Balaban J connectivity index is 1.64. The number of nitrogens with zero attached hydrogens (tertiary/aromatic N) is 1. The molecule has 1 aliphatic rings. The summed E-state index contributed by atoms with van der Waals surface area (Å²) in [5.74, 6) is 1.63. The van der Waals surface area contributed by atoms with E-state index in [1.165, 1.54) is 0 Å². The molecule has 5 nitrogen and oxygen atoms in total. The number of hydrogen-bond acceptors (Lipinski definition) is 4. The van der Waals surface area contributed by atoms with E-state index in [1.807, 2.05) is 48.5 Å². The van der Waals surface area contributed by atoms with Gasteiger partial charge in [-0.25, -0.2) is 0 Å². The van der Waals surface area contributed by atoms with Crippen molar-refractivity contribution in [3.8, 4) is 11.5 Å². The summed E-state index contributed by atoms with van der Waals surface area (Å²) in [5, 5.41) is 3.01. The van der Waals surface area contributed by atoms with E-state index >= 15 is 0 Å². The number of carbonyl (C=O) groups excluding carboxylic acids is 1. The normalized spacial score (nSPS) is 17.1. The number of hydrogen-bond donors (Lipinski definition) is 1. The first-order valence-corrected chi connectivity index (χ1v) is 8.98. The summed E-state index contributed by atoms with van der Waals surface area (Å²) in [7, 11) is 3.32. The molecule has 0 saturated carbocycles. The Morgan fingerprint density at radius 2 is 1.96 bits per heavy atom. The van der Waals surface area contributed by atoms with Crippen LogP contribution in [0.1, 0.15) is 30.0 Å². The van der Waals surface area contributed by atoms with Crippen LogP contribution in [0.2, 0.25) is 0 Å². The first kappa shape index (κ1) is 18.3. The third-order valence-electron chi connectivity index (χ3n) is 4.84. The van der Waals surface area contributed by atoms with E-state index in [-0.39, 0.29) is 11.9 Å². The topological polar surface area (TPSA) is 50.8 Å². The molecule has 0 spiro atoms. The zero-order chi connectivity index (χ0) is 18.4. The standard InChI is InChI=1S/C21H26N2O3/c1-25-17-10-11-18(20(13-17)26-2)19-9-6-12-23(19)15-21(24)22-14-16-7-4-3-5-8-16/h3-5,7-8,10-11,13,19H,6,9,12,14-15H2,1-2H3,(H,22,24)/t19-/m0/s1. The highest BCUT2D eigenvalue weighted by atomic mass is 16.5. The van der Waals surface area contributed by atoms with Crippen molar-refractivity contribution in [3.63, 3.8) is 0 Å². The fourth-order valence-corrected chi connectivity index (χ4v) is 3.50. The van der Waals surface area contributed by atoms with Crippen LogP contribution in [-0.4, -0.2) is 38.1 Å². The van der Waals surface area contributed by atoms with Crippen molar-refractivity contribution < 1.29 is 14.3 Å². The lowest BCUT2D eigenvalue weighted by atomic mass is 10.0. The van der Waals surface area contributed by atoms with Gasteiger partial charge in [0.2, 0.25) is 5.91 Å². The van der Waals surface area contributed by atoms with Crippen LogP contribution in [0.25, 0.3) is 0 Å². The Morgan fingerprint density at radius 3 is 2.69 bits per heavy atom. The zero-order valence-corrected chi connectivity index (χ0v) is 15.4. The second kappa shape index (κ2) is 8.72. The Hall–Kier alpha value is -2.53. The van der Waals surface area contributed by atoms with Crippen molar-refractivity contribution in [1.29, 1.82) is 0 Å². The van der Waals surface area contributed by atoms with Crippen LogP contribution >= 0.6 is 0 Å². The predicted molar refractivity (Wildman–Crippen MR) is 101 cm³/mol. The largest absolute Gasteiger partial charge is 0.497 e. The van der Waals surface area contributed by atoms with Gasteiger partial charge in [-0.3, -0.25) is 9.69 Å². The molecule has 2 aromatic rings. The predicted octanol–water partition coefficient (Wildman–Crippen LogP) is 3.16. The van der Waals surface area contributed by atoms with E-state index in [9.17, 15) is 4.79 Å². The van der Waals surface area contributed by atoms with Crippen molar-refractivity contribution in [2.45, 2.75) is 25.4 Å². The number of likely N-dealkylation sites (tertiary alicyclic amines) is 1. The molecule has 5 heteroatoms. The lowest BCUT2D eigenvalue weighted by molar-refractivity contribution is -0.122. The molecule has 1 N–H and O–H groups in total. The summed E-state index contributed by atoms with van der Waals surface area (Å²) >= 11 is 0. The van der Waals surface area contributed by atoms with Crippen LogP contribution in [-0.2, 0) is 11.3 Å². The van der Waals surface area contributed by atoms with Gasteiger partial charge in [0.1, 0.15) is 11.5 Å². The first-order chi connectivity index (χ1) is 12.7. The first-order valence-electron chi connectivity index (χ1n) is 8.98.